The number of rotatable bonds is 6. The number of nitrogens with one attached hydrogen (secondary N) is 1. The zero-order valence-corrected chi connectivity index (χ0v) is 14.1. The van der Waals surface area contributed by atoms with Crippen molar-refractivity contribution in [3.63, 3.8) is 0 Å². The van der Waals surface area contributed by atoms with E-state index >= 15 is 0 Å². The lowest BCUT2D eigenvalue weighted by Crippen LogP contribution is -2.36. The minimum atomic E-state index is 0.207. The molecule has 0 saturated carbocycles. The summed E-state index contributed by atoms with van der Waals surface area (Å²) in [6.07, 6.45) is 4.53. The Morgan fingerprint density at radius 2 is 1.71 bits per heavy atom. The van der Waals surface area contributed by atoms with Crippen molar-refractivity contribution >= 4 is 11.6 Å². The Hall–Kier alpha value is -0.930. The summed E-state index contributed by atoms with van der Waals surface area (Å²) in [6.45, 7) is 8.88. The topological polar surface area (TPSA) is 30.5 Å². The highest BCUT2D eigenvalue weighted by Gasteiger charge is 2.14. The first-order valence-corrected chi connectivity index (χ1v) is 8.16. The summed E-state index contributed by atoms with van der Waals surface area (Å²) in [4.78, 5) is 0. The van der Waals surface area contributed by atoms with Gasteiger partial charge < -0.3 is 14.8 Å². The van der Waals surface area contributed by atoms with Gasteiger partial charge in [-0.15, -0.1) is 0 Å². The smallest absolute Gasteiger partial charge is 0.162 e. The SMILES string of the molecule is CC(C)(C)NCCCCCc1cc2c(cc1Cl)OCCO2. The summed E-state index contributed by atoms with van der Waals surface area (Å²) in [5, 5.41) is 4.29. The van der Waals surface area contributed by atoms with Gasteiger partial charge in [0.05, 0.1) is 0 Å². The number of fused-ring (bicyclic) bond motifs is 1. The van der Waals surface area contributed by atoms with E-state index in [2.05, 4.69) is 26.1 Å². The Labute approximate surface area is 133 Å². The third-order valence-electron chi connectivity index (χ3n) is 3.49. The highest BCUT2D eigenvalue weighted by Crippen LogP contribution is 2.35. The van der Waals surface area contributed by atoms with Crippen LogP contribution >= 0.6 is 11.6 Å². The monoisotopic (exact) mass is 311 g/mol. The van der Waals surface area contributed by atoms with Crippen molar-refractivity contribution in [3.05, 3.63) is 22.7 Å². The molecule has 2 rings (SSSR count). The van der Waals surface area contributed by atoms with Gasteiger partial charge in [-0.25, -0.2) is 0 Å². The third-order valence-corrected chi connectivity index (χ3v) is 3.84. The van der Waals surface area contributed by atoms with Gasteiger partial charge in [0, 0.05) is 16.6 Å². The van der Waals surface area contributed by atoms with Gasteiger partial charge in [-0.2, -0.15) is 0 Å². The maximum Gasteiger partial charge on any atom is 0.162 e. The van der Waals surface area contributed by atoms with E-state index in [0.717, 1.165) is 41.5 Å². The second-order valence-corrected chi connectivity index (χ2v) is 6.98. The fourth-order valence-electron chi connectivity index (χ4n) is 2.38. The van der Waals surface area contributed by atoms with Crippen LogP contribution in [0, 0.1) is 0 Å². The van der Waals surface area contributed by atoms with Gasteiger partial charge in [0.15, 0.2) is 11.5 Å². The molecule has 1 aliphatic rings. The molecule has 0 unspecified atom stereocenters. The van der Waals surface area contributed by atoms with Gasteiger partial charge in [-0.1, -0.05) is 18.0 Å². The number of benzene rings is 1. The van der Waals surface area contributed by atoms with E-state index in [1.165, 1.54) is 12.8 Å². The van der Waals surface area contributed by atoms with Crippen molar-refractivity contribution in [2.24, 2.45) is 0 Å². The quantitative estimate of drug-likeness (QED) is 0.798. The normalized spacial score (nSPS) is 14.3. The van der Waals surface area contributed by atoms with Crippen molar-refractivity contribution in [2.45, 2.75) is 52.0 Å². The molecule has 118 valence electrons. The molecule has 0 fully saturated rings. The van der Waals surface area contributed by atoms with Crippen LogP contribution in [0.3, 0.4) is 0 Å². The summed E-state index contributed by atoms with van der Waals surface area (Å²) >= 11 is 6.31. The van der Waals surface area contributed by atoms with Crippen LogP contribution in [0.5, 0.6) is 11.5 Å². The lowest BCUT2D eigenvalue weighted by atomic mass is 10.1. The molecular weight excluding hydrogens is 286 g/mol. The first-order chi connectivity index (χ1) is 9.96. The molecule has 21 heavy (non-hydrogen) atoms. The average molecular weight is 312 g/mol. The summed E-state index contributed by atoms with van der Waals surface area (Å²) in [6, 6.07) is 3.91. The van der Waals surface area contributed by atoms with Crippen LogP contribution in [0.25, 0.3) is 0 Å². The van der Waals surface area contributed by atoms with Crippen LogP contribution in [0.2, 0.25) is 5.02 Å². The number of aryl methyl sites for hydroxylation is 1. The number of unbranched alkanes of at least 4 members (excludes halogenated alkanes) is 2. The third kappa shape index (κ3) is 5.40. The van der Waals surface area contributed by atoms with E-state index in [1.807, 2.05) is 12.1 Å². The molecular formula is C17H26ClNO2. The van der Waals surface area contributed by atoms with Crippen LogP contribution < -0.4 is 14.8 Å². The molecule has 3 nitrogen and oxygen atoms in total. The Kier molecular flexibility index (Phi) is 5.77. The number of halogens is 1. The molecule has 1 aromatic carbocycles. The molecule has 4 heteroatoms. The summed E-state index contributed by atoms with van der Waals surface area (Å²) in [7, 11) is 0. The van der Waals surface area contributed by atoms with E-state index in [1.54, 1.807) is 0 Å². The predicted molar refractivity (Wildman–Crippen MR) is 87.8 cm³/mol. The maximum atomic E-state index is 6.31. The molecule has 0 atom stereocenters. The molecule has 1 aliphatic heterocycles. The van der Waals surface area contributed by atoms with E-state index in [-0.39, 0.29) is 5.54 Å². The fraction of sp³-hybridized carbons (Fsp3) is 0.647. The lowest BCUT2D eigenvalue weighted by Gasteiger charge is -2.20. The van der Waals surface area contributed by atoms with E-state index in [9.17, 15) is 0 Å². The van der Waals surface area contributed by atoms with Crippen LogP contribution in [-0.2, 0) is 6.42 Å². The van der Waals surface area contributed by atoms with Crippen molar-refractivity contribution < 1.29 is 9.47 Å². The molecule has 0 aromatic heterocycles. The zero-order valence-electron chi connectivity index (χ0n) is 13.3. The Morgan fingerprint density at radius 3 is 2.38 bits per heavy atom. The van der Waals surface area contributed by atoms with Crippen LogP contribution in [0.4, 0.5) is 0 Å². The minimum absolute atomic E-state index is 0.207. The number of hydrogen-bond acceptors (Lipinski definition) is 3. The molecule has 0 saturated heterocycles. The largest absolute Gasteiger partial charge is 0.486 e. The summed E-state index contributed by atoms with van der Waals surface area (Å²) in [5.41, 5.74) is 1.36. The van der Waals surface area contributed by atoms with Gasteiger partial charge in [0.25, 0.3) is 0 Å². The highest BCUT2D eigenvalue weighted by atomic mass is 35.5. The lowest BCUT2D eigenvalue weighted by molar-refractivity contribution is 0.171. The summed E-state index contributed by atoms with van der Waals surface area (Å²) in [5.74, 6) is 1.60. The first kappa shape index (κ1) is 16.4. The molecule has 1 heterocycles. The Morgan fingerprint density at radius 1 is 1.05 bits per heavy atom. The van der Waals surface area contributed by atoms with Gasteiger partial charge in [0.2, 0.25) is 0 Å². The molecule has 0 amide bonds. The summed E-state index contributed by atoms with van der Waals surface area (Å²) < 4.78 is 11.1. The molecule has 0 spiro atoms. The van der Waals surface area contributed by atoms with Crippen LogP contribution in [-0.4, -0.2) is 25.3 Å². The average Bonchev–Trinajstić information content (AvgIpc) is 2.41. The second kappa shape index (κ2) is 7.37. The molecule has 1 N–H and O–H groups in total. The van der Waals surface area contributed by atoms with E-state index < -0.39 is 0 Å². The van der Waals surface area contributed by atoms with Crippen molar-refractivity contribution in [1.29, 1.82) is 0 Å². The molecule has 0 radical (unpaired) electrons. The van der Waals surface area contributed by atoms with Crippen molar-refractivity contribution in [1.82, 2.24) is 5.32 Å². The number of hydrogen-bond donors (Lipinski definition) is 1. The minimum Gasteiger partial charge on any atom is -0.486 e. The zero-order chi connectivity index (χ0) is 15.3. The van der Waals surface area contributed by atoms with E-state index in [0.29, 0.717) is 13.2 Å². The standard InChI is InChI=1S/C17H26ClNO2/c1-17(2,3)19-8-6-4-5-7-13-11-15-16(12-14(13)18)21-10-9-20-15/h11-12,19H,4-10H2,1-3H3. The van der Waals surface area contributed by atoms with Gasteiger partial charge >= 0.3 is 0 Å². The second-order valence-electron chi connectivity index (χ2n) is 6.57. The predicted octanol–water partition coefficient (Wildman–Crippen LogP) is 4.21. The first-order valence-electron chi connectivity index (χ1n) is 7.79. The maximum absolute atomic E-state index is 6.31. The highest BCUT2D eigenvalue weighted by molar-refractivity contribution is 6.31. The molecule has 0 aliphatic carbocycles. The van der Waals surface area contributed by atoms with Gasteiger partial charge in [-0.05, 0) is 58.2 Å². The van der Waals surface area contributed by atoms with Crippen LogP contribution in [0.1, 0.15) is 45.6 Å². The molecule has 1 aromatic rings. The van der Waals surface area contributed by atoms with Gasteiger partial charge in [0.1, 0.15) is 13.2 Å². The Balaban J connectivity index is 1.76. The Bertz CT molecular complexity index is 469. The van der Waals surface area contributed by atoms with Crippen LogP contribution in [0.15, 0.2) is 12.1 Å². The fourth-order valence-corrected chi connectivity index (χ4v) is 2.63. The van der Waals surface area contributed by atoms with Crippen molar-refractivity contribution in [2.75, 3.05) is 19.8 Å². The number of ether oxygens (including phenoxy) is 2. The van der Waals surface area contributed by atoms with E-state index in [4.69, 9.17) is 21.1 Å². The van der Waals surface area contributed by atoms with Crippen molar-refractivity contribution in [3.8, 4) is 11.5 Å². The molecule has 0 bridgehead atoms. The van der Waals surface area contributed by atoms with Gasteiger partial charge in [-0.3, -0.25) is 0 Å².